The first-order chi connectivity index (χ1) is 13.3. The van der Waals surface area contributed by atoms with Crippen molar-refractivity contribution in [2.75, 3.05) is 6.61 Å². The lowest BCUT2D eigenvalue weighted by Crippen LogP contribution is -2.14. The third-order valence-corrected chi connectivity index (χ3v) is 4.03. The molecule has 0 spiro atoms. The van der Waals surface area contributed by atoms with Gasteiger partial charge in [0.05, 0.1) is 6.61 Å². The first-order valence-corrected chi connectivity index (χ1v) is 10.5. The van der Waals surface area contributed by atoms with E-state index >= 15 is 0 Å². The van der Waals surface area contributed by atoms with Crippen LogP contribution in [0.2, 0.25) is 0 Å². The van der Waals surface area contributed by atoms with E-state index in [1.54, 1.807) is 18.2 Å². The zero-order chi connectivity index (χ0) is 20.9. The number of hydrogen-bond acceptors (Lipinski definition) is 5. The molecule has 0 atom stereocenters. The van der Waals surface area contributed by atoms with Crippen LogP contribution in [-0.4, -0.2) is 18.5 Å². The fraction of sp³-hybridized carbons (Fsp3) is 0.652. The van der Waals surface area contributed by atoms with Crippen molar-refractivity contribution in [3.63, 3.8) is 0 Å². The van der Waals surface area contributed by atoms with Crippen LogP contribution in [0.4, 0.5) is 0 Å². The van der Waals surface area contributed by atoms with Crippen molar-refractivity contribution in [2.24, 2.45) is 11.8 Å². The molecule has 1 aromatic rings. The summed E-state index contributed by atoms with van der Waals surface area (Å²) in [6.45, 7) is 10.6. The van der Waals surface area contributed by atoms with Gasteiger partial charge in [-0.1, -0.05) is 60.3 Å². The maximum Gasteiger partial charge on any atom is 0.311 e. The van der Waals surface area contributed by atoms with E-state index in [0.717, 1.165) is 12.8 Å². The Kier molecular flexibility index (Phi) is 11.3. The van der Waals surface area contributed by atoms with Crippen LogP contribution < -0.4 is 14.2 Å². The topological polar surface area (TPSA) is 61.8 Å². The molecular formula is C23H36O5. The van der Waals surface area contributed by atoms with Gasteiger partial charge in [-0.3, -0.25) is 9.59 Å². The van der Waals surface area contributed by atoms with Gasteiger partial charge in [-0.15, -0.1) is 0 Å². The minimum Gasteiger partial charge on any atom is -0.493 e. The van der Waals surface area contributed by atoms with E-state index in [4.69, 9.17) is 14.2 Å². The quantitative estimate of drug-likeness (QED) is 0.236. The standard InChI is InChI=1S/C23H36O5/c1-6-7-8-9-10-13-26-19-11-12-20(27-22(24)14-17(2)3)21(16-19)28-23(25)15-18(4)5/h11-12,16-18H,6-10,13-15H2,1-5H3. The summed E-state index contributed by atoms with van der Waals surface area (Å²) in [5, 5.41) is 0. The normalized spacial score (nSPS) is 11.0. The molecule has 5 heteroatoms. The number of carbonyl (C=O) groups is 2. The van der Waals surface area contributed by atoms with Gasteiger partial charge < -0.3 is 14.2 Å². The molecule has 0 aliphatic carbocycles. The van der Waals surface area contributed by atoms with Gasteiger partial charge in [0.1, 0.15) is 5.75 Å². The summed E-state index contributed by atoms with van der Waals surface area (Å²) < 4.78 is 16.7. The van der Waals surface area contributed by atoms with E-state index in [1.165, 1.54) is 19.3 Å². The lowest BCUT2D eigenvalue weighted by molar-refractivity contribution is -0.138. The molecule has 0 amide bonds. The highest BCUT2D eigenvalue weighted by atomic mass is 16.6. The van der Waals surface area contributed by atoms with E-state index in [0.29, 0.717) is 25.2 Å². The Morgan fingerprint density at radius 3 is 1.96 bits per heavy atom. The fourth-order valence-electron chi connectivity index (χ4n) is 2.63. The second-order valence-corrected chi connectivity index (χ2v) is 8.02. The molecule has 0 saturated carbocycles. The summed E-state index contributed by atoms with van der Waals surface area (Å²) in [5.41, 5.74) is 0. The minimum absolute atomic E-state index is 0.182. The molecule has 158 valence electrons. The molecule has 0 heterocycles. The number of carbonyl (C=O) groups excluding carboxylic acids is 2. The molecule has 1 rings (SSSR count). The summed E-state index contributed by atoms with van der Waals surface area (Å²) in [7, 11) is 0. The van der Waals surface area contributed by atoms with E-state index in [2.05, 4.69) is 6.92 Å². The van der Waals surface area contributed by atoms with Gasteiger partial charge in [-0.05, 0) is 30.4 Å². The van der Waals surface area contributed by atoms with Crippen LogP contribution in [0.15, 0.2) is 18.2 Å². The maximum atomic E-state index is 12.1. The van der Waals surface area contributed by atoms with Crippen molar-refractivity contribution < 1.29 is 23.8 Å². The average molecular weight is 393 g/mol. The number of ether oxygens (including phenoxy) is 3. The fourth-order valence-corrected chi connectivity index (χ4v) is 2.63. The van der Waals surface area contributed by atoms with Crippen LogP contribution in [0, 0.1) is 11.8 Å². The van der Waals surface area contributed by atoms with Crippen molar-refractivity contribution in [3.8, 4) is 17.2 Å². The van der Waals surface area contributed by atoms with Crippen molar-refractivity contribution in [3.05, 3.63) is 18.2 Å². The van der Waals surface area contributed by atoms with Gasteiger partial charge in [-0.2, -0.15) is 0 Å². The molecule has 5 nitrogen and oxygen atoms in total. The molecule has 0 fully saturated rings. The zero-order valence-corrected chi connectivity index (χ0v) is 18.1. The Bertz CT molecular complexity index is 607. The molecule has 1 aromatic carbocycles. The molecule has 0 aromatic heterocycles. The van der Waals surface area contributed by atoms with Gasteiger partial charge >= 0.3 is 11.9 Å². The van der Waals surface area contributed by atoms with Gasteiger partial charge in [0, 0.05) is 18.9 Å². The Morgan fingerprint density at radius 1 is 0.821 bits per heavy atom. The maximum absolute atomic E-state index is 12.1. The number of unbranched alkanes of at least 4 members (excludes halogenated alkanes) is 4. The molecule has 0 unspecified atom stereocenters. The lowest BCUT2D eigenvalue weighted by atomic mass is 10.1. The Labute approximate surface area is 169 Å². The molecule has 0 aliphatic heterocycles. The van der Waals surface area contributed by atoms with Crippen LogP contribution >= 0.6 is 0 Å². The third-order valence-electron chi connectivity index (χ3n) is 4.03. The van der Waals surface area contributed by atoms with E-state index in [-0.39, 0.29) is 35.3 Å². The lowest BCUT2D eigenvalue weighted by Gasteiger charge is -2.14. The van der Waals surface area contributed by atoms with Crippen LogP contribution in [0.3, 0.4) is 0 Å². The summed E-state index contributed by atoms with van der Waals surface area (Å²) in [5.74, 6) is 0.751. The predicted molar refractivity (Wildman–Crippen MR) is 111 cm³/mol. The number of esters is 2. The van der Waals surface area contributed by atoms with E-state index in [9.17, 15) is 9.59 Å². The Hall–Kier alpha value is -2.04. The van der Waals surface area contributed by atoms with E-state index < -0.39 is 0 Å². The highest BCUT2D eigenvalue weighted by molar-refractivity contribution is 5.76. The zero-order valence-electron chi connectivity index (χ0n) is 18.1. The van der Waals surface area contributed by atoms with Gasteiger partial charge in [0.15, 0.2) is 11.5 Å². The molecule has 0 N–H and O–H groups in total. The van der Waals surface area contributed by atoms with Crippen LogP contribution in [-0.2, 0) is 9.59 Å². The summed E-state index contributed by atoms with van der Waals surface area (Å²) in [4.78, 5) is 24.1. The van der Waals surface area contributed by atoms with Gasteiger partial charge in [0.2, 0.25) is 0 Å². The van der Waals surface area contributed by atoms with Crippen LogP contribution in [0.5, 0.6) is 17.2 Å². The molecular weight excluding hydrogens is 356 g/mol. The summed E-state index contributed by atoms with van der Waals surface area (Å²) in [6, 6.07) is 4.99. The molecule has 0 saturated heterocycles. The van der Waals surface area contributed by atoms with Crippen molar-refractivity contribution in [1.82, 2.24) is 0 Å². The second kappa shape index (κ2) is 13.2. The first kappa shape index (κ1) is 24.0. The Balaban J connectivity index is 2.78. The number of rotatable bonds is 13. The van der Waals surface area contributed by atoms with Crippen molar-refractivity contribution in [1.29, 1.82) is 0 Å². The van der Waals surface area contributed by atoms with Crippen LogP contribution in [0.1, 0.15) is 79.6 Å². The predicted octanol–water partition coefficient (Wildman–Crippen LogP) is 5.94. The van der Waals surface area contributed by atoms with Gasteiger partial charge in [0.25, 0.3) is 0 Å². The monoisotopic (exact) mass is 392 g/mol. The van der Waals surface area contributed by atoms with Crippen molar-refractivity contribution in [2.45, 2.75) is 79.6 Å². The molecule has 0 aliphatic rings. The SMILES string of the molecule is CCCCCCCOc1ccc(OC(=O)CC(C)C)c(OC(=O)CC(C)C)c1. The number of benzene rings is 1. The molecule has 0 radical (unpaired) electrons. The van der Waals surface area contributed by atoms with Crippen LogP contribution in [0.25, 0.3) is 0 Å². The average Bonchev–Trinajstić information content (AvgIpc) is 2.58. The van der Waals surface area contributed by atoms with E-state index in [1.807, 2.05) is 27.7 Å². The second-order valence-electron chi connectivity index (χ2n) is 8.02. The Morgan fingerprint density at radius 2 is 1.39 bits per heavy atom. The minimum atomic E-state index is -0.354. The van der Waals surface area contributed by atoms with Gasteiger partial charge in [-0.25, -0.2) is 0 Å². The largest absolute Gasteiger partial charge is 0.493 e. The molecule has 28 heavy (non-hydrogen) atoms. The summed E-state index contributed by atoms with van der Waals surface area (Å²) >= 11 is 0. The van der Waals surface area contributed by atoms with Crippen molar-refractivity contribution >= 4 is 11.9 Å². The number of hydrogen-bond donors (Lipinski definition) is 0. The highest BCUT2D eigenvalue weighted by Gasteiger charge is 2.17. The summed E-state index contributed by atoms with van der Waals surface area (Å²) in [6.07, 6.45) is 6.37. The smallest absolute Gasteiger partial charge is 0.311 e. The molecule has 0 bridgehead atoms. The highest BCUT2D eigenvalue weighted by Crippen LogP contribution is 2.33. The first-order valence-electron chi connectivity index (χ1n) is 10.5. The third kappa shape index (κ3) is 10.3.